The van der Waals surface area contributed by atoms with Crippen LogP contribution in [0.4, 0.5) is 0 Å². The van der Waals surface area contributed by atoms with Gasteiger partial charge in [-0.2, -0.15) is 0 Å². The molecule has 4 aliphatic rings. The van der Waals surface area contributed by atoms with Crippen LogP contribution in [0.3, 0.4) is 0 Å². The third-order valence-corrected chi connectivity index (χ3v) is 10.9. The number of aliphatic hydroxyl groups is 1. The number of fused-ring (bicyclic) bond motifs is 3. The number of allylic oxidation sites excluding steroid dienone is 1. The molecule has 3 aliphatic heterocycles. The number of likely N-dealkylation sites (tertiary alicyclic amines) is 2. The Morgan fingerprint density at radius 2 is 1.66 bits per heavy atom. The average molecular weight is 653 g/mol. The lowest BCUT2D eigenvalue weighted by atomic mass is 9.69. The van der Waals surface area contributed by atoms with Crippen molar-refractivity contribution in [3.05, 3.63) is 112 Å². The molecule has 3 saturated heterocycles. The minimum Gasteiger partial charge on any atom is -0.508 e. The summed E-state index contributed by atoms with van der Waals surface area (Å²) in [6.45, 7) is 2.80. The first-order chi connectivity index (χ1) is 22.9. The number of phenols is 1. The molecule has 3 aromatic carbocycles. The van der Waals surface area contributed by atoms with Crippen LogP contribution in [-0.4, -0.2) is 70.3 Å². The Morgan fingerprint density at radius 1 is 0.936 bits per heavy atom. The molecule has 1 aliphatic carbocycles. The number of imide groups is 1. The second kappa shape index (κ2) is 13.8. The number of aliphatic hydroxyl groups excluding tert-OH is 1. The van der Waals surface area contributed by atoms with Gasteiger partial charge in [-0.3, -0.25) is 19.4 Å². The number of phenolic OH excluding ortho intramolecular Hbond substituents is 1. The van der Waals surface area contributed by atoms with Crippen molar-refractivity contribution >= 4 is 35.1 Å². The zero-order chi connectivity index (χ0) is 32.5. The number of aromatic hydroxyl groups is 1. The van der Waals surface area contributed by atoms with Crippen molar-refractivity contribution in [2.75, 3.05) is 26.3 Å². The topological polar surface area (TPSA) is 90.3 Å². The number of hydrogen-bond acceptors (Lipinski definition) is 6. The number of piperidine rings is 1. The van der Waals surface area contributed by atoms with E-state index in [0.29, 0.717) is 30.9 Å². The second-order valence-corrected chi connectivity index (χ2v) is 13.7. The zero-order valence-electron chi connectivity index (χ0n) is 26.4. The molecule has 3 heterocycles. The highest BCUT2D eigenvalue weighted by molar-refractivity contribution is 6.32. The van der Waals surface area contributed by atoms with E-state index < -0.39 is 11.8 Å². The fraction of sp³-hybridized carbons (Fsp3) is 0.385. The van der Waals surface area contributed by atoms with Crippen LogP contribution in [0, 0.1) is 17.8 Å². The van der Waals surface area contributed by atoms with Crippen molar-refractivity contribution in [1.29, 1.82) is 0 Å². The molecule has 244 valence electrons. The summed E-state index contributed by atoms with van der Waals surface area (Å²) in [6, 6.07) is 25.4. The van der Waals surface area contributed by atoms with Gasteiger partial charge in [0.2, 0.25) is 11.8 Å². The highest BCUT2D eigenvalue weighted by atomic mass is 35.5. The van der Waals surface area contributed by atoms with Crippen LogP contribution in [0.15, 0.2) is 90.0 Å². The van der Waals surface area contributed by atoms with Gasteiger partial charge >= 0.3 is 0 Å². The first-order valence-corrected chi connectivity index (χ1v) is 17.1. The molecule has 47 heavy (non-hydrogen) atoms. The fourth-order valence-electron chi connectivity index (χ4n) is 8.24. The van der Waals surface area contributed by atoms with E-state index in [4.69, 9.17) is 16.3 Å². The summed E-state index contributed by atoms with van der Waals surface area (Å²) in [7, 11) is 0. The smallest absolute Gasteiger partial charge is 0.234 e. The molecular formula is C39H41ClN2O5. The van der Waals surface area contributed by atoms with Gasteiger partial charge in [0, 0.05) is 31.6 Å². The monoisotopic (exact) mass is 652 g/mol. The first-order valence-electron chi connectivity index (χ1n) is 16.7. The summed E-state index contributed by atoms with van der Waals surface area (Å²) in [6.07, 6.45) is 5.10. The van der Waals surface area contributed by atoms with Crippen LogP contribution in [-0.2, 0) is 20.9 Å². The number of amides is 2. The number of rotatable bonds is 9. The van der Waals surface area contributed by atoms with E-state index in [2.05, 4.69) is 41.3 Å². The van der Waals surface area contributed by atoms with Gasteiger partial charge in [0.15, 0.2) is 0 Å². The maximum Gasteiger partial charge on any atom is 0.234 e. The summed E-state index contributed by atoms with van der Waals surface area (Å²) in [4.78, 5) is 31.9. The van der Waals surface area contributed by atoms with Gasteiger partial charge in [0.25, 0.3) is 0 Å². The molecule has 0 aromatic heterocycles. The number of nitrogens with zero attached hydrogens (tertiary/aromatic N) is 2. The number of carbonyl (C=O) groups is 2. The zero-order valence-corrected chi connectivity index (χ0v) is 27.2. The van der Waals surface area contributed by atoms with Gasteiger partial charge < -0.3 is 14.9 Å². The highest BCUT2D eigenvalue weighted by Gasteiger charge is 2.58. The van der Waals surface area contributed by atoms with Gasteiger partial charge in [-0.1, -0.05) is 72.3 Å². The van der Waals surface area contributed by atoms with E-state index in [0.717, 1.165) is 60.3 Å². The van der Waals surface area contributed by atoms with Crippen molar-refractivity contribution in [2.45, 2.75) is 50.8 Å². The van der Waals surface area contributed by atoms with Crippen LogP contribution in [0.1, 0.15) is 48.8 Å². The fourth-order valence-corrected chi connectivity index (χ4v) is 8.47. The van der Waals surface area contributed by atoms with Gasteiger partial charge in [-0.25, -0.2) is 0 Å². The normalized spacial score (nSPS) is 25.4. The van der Waals surface area contributed by atoms with Crippen molar-refractivity contribution in [3.63, 3.8) is 0 Å². The number of carbonyl (C=O) groups excluding carboxylic acids is 2. The minimum absolute atomic E-state index is 0.0582. The lowest BCUT2D eigenvalue weighted by Crippen LogP contribution is -2.47. The molecule has 2 amide bonds. The Hall–Kier alpha value is -3.75. The average Bonchev–Trinajstić information content (AvgIpc) is 3.62. The maximum absolute atomic E-state index is 14.1. The molecule has 3 aromatic rings. The third-order valence-electron chi connectivity index (χ3n) is 10.5. The predicted molar refractivity (Wildman–Crippen MR) is 182 cm³/mol. The number of hydrogen-bond donors (Lipinski definition) is 2. The van der Waals surface area contributed by atoms with Gasteiger partial charge in [-0.15, -0.1) is 0 Å². The molecule has 2 N–H and O–H groups in total. The maximum atomic E-state index is 14.1. The predicted octanol–water partition coefficient (Wildman–Crippen LogP) is 6.34. The van der Waals surface area contributed by atoms with Crippen molar-refractivity contribution < 1.29 is 24.5 Å². The van der Waals surface area contributed by atoms with E-state index in [1.165, 1.54) is 11.6 Å². The summed E-state index contributed by atoms with van der Waals surface area (Å²) in [5.41, 5.74) is 6.09. The molecule has 0 saturated carbocycles. The second-order valence-electron chi connectivity index (χ2n) is 13.3. The number of halogens is 1. The lowest BCUT2D eigenvalue weighted by Gasteiger charge is -2.36. The quantitative estimate of drug-likeness (QED) is 0.159. The van der Waals surface area contributed by atoms with Gasteiger partial charge in [-0.05, 0) is 89.8 Å². The van der Waals surface area contributed by atoms with E-state index in [-0.39, 0.29) is 42.2 Å². The molecule has 8 heteroatoms. The van der Waals surface area contributed by atoms with Gasteiger partial charge in [0.1, 0.15) is 5.75 Å². The van der Waals surface area contributed by atoms with Crippen molar-refractivity contribution in [1.82, 2.24) is 9.80 Å². The van der Waals surface area contributed by atoms with Crippen LogP contribution in [0.25, 0.3) is 11.6 Å². The number of ether oxygens (including phenoxy) is 1. The molecule has 0 unspecified atom stereocenters. The summed E-state index contributed by atoms with van der Waals surface area (Å²) < 4.78 is 6.41. The largest absolute Gasteiger partial charge is 0.508 e. The van der Waals surface area contributed by atoms with E-state index in [1.807, 2.05) is 30.3 Å². The summed E-state index contributed by atoms with van der Waals surface area (Å²) in [5.74, 6) is -1.08. The Morgan fingerprint density at radius 3 is 2.36 bits per heavy atom. The summed E-state index contributed by atoms with van der Waals surface area (Å²) >= 11 is 6.47. The van der Waals surface area contributed by atoms with E-state index in [9.17, 15) is 19.8 Å². The minimum atomic E-state index is -0.431. The van der Waals surface area contributed by atoms with Crippen LogP contribution < -0.4 is 0 Å². The standard InChI is InChI=1S/C39H41ClN2O5/c40-34-21-31(44)13-11-28(34)19-27(26-9-5-2-6-10-26)12-14-35-36-29(23-43)20-32-37(33(36)24-47-35)39(46)42(38(32)45)30-15-17-41(18-16-30)22-25-7-3-1-4-8-25/h1-11,13,19,21,30,32-33,35,37,43-44H,12,14-18,20,22-24H2/b27-19-/t32-,33+,35-,37-/m1/s1. The lowest BCUT2D eigenvalue weighted by molar-refractivity contribution is -0.144. The SMILES string of the molecule is O=C1[C@@H]2[C@@H](CC(CO)=C3[C@@H](CC/C(=C/c4ccc(O)cc4Cl)c4ccccc4)OC[C@@H]32)C(=O)N1C1CCN(Cc2ccccc2)CC1. The molecule has 0 spiro atoms. The van der Waals surface area contributed by atoms with Crippen molar-refractivity contribution in [2.24, 2.45) is 17.8 Å². The third kappa shape index (κ3) is 6.42. The molecule has 3 fully saturated rings. The van der Waals surface area contributed by atoms with Crippen LogP contribution in [0.2, 0.25) is 5.02 Å². The Bertz CT molecular complexity index is 1680. The molecular weight excluding hydrogens is 612 g/mol. The molecule has 7 nitrogen and oxygen atoms in total. The van der Waals surface area contributed by atoms with E-state index in [1.54, 1.807) is 17.0 Å². The Balaban J connectivity index is 1.06. The molecule has 0 bridgehead atoms. The molecule has 0 radical (unpaired) electrons. The molecule has 4 atom stereocenters. The summed E-state index contributed by atoms with van der Waals surface area (Å²) in [5, 5.41) is 20.8. The number of benzene rings is 3. The van der Waals surface area contributed by atoms with Crippen LogP contribution >= 0.6 is 11.6 Å². The van der Waals surface area contributed by atoms with Crippen molar-refractivity contribution in [3.8, 4) is 5.75 Å². The highest BCUT2D eigenvalue weighted by Crippen LogP contribution is 2.50. The molecule has 7 rings (SSSR count). The van der Waals surface area contributed by atoms with Crippen LogP contribution in [0.5, 0.6) is 5.75 Å². The Labute approximate surface area is 281 Å². The van der Waals surface area contributed by atoms with E-state index >= 15 is 0 Å². The Kier molecular flexibility index (Phi) is 9.33. The first kappa shape index (κ1) is 31.8. The van der Waals surface area contributed by atoms with Gasteiger partial charge in [0.05, 0.1) is 36.2 Å².